The van der Waals surface area contributed by atoms with Gasteiger partial charge in [0.2, 0.25) is 0 Å². The van der Waals surface area contributed by atoms with Crippen molar-refractivity contribution in [3.05, 3.63) is 45.3 Å². The first kappa shape index (κ1) is 11.9. The van der Waals surface area contributed by atoms with Crippen molar-refractivity contribution in [1.82, 2.24) is 9.13 Å². The fraction of sp³-hybridized carbons (Fsp3) is 0.538. The zero-order valence-electron chi connectivity index (χ0n) is 10.2. The second-order valence-corrected chi connectivity index (χ2v) is 4.84. The smallest absolute Gasteiger partial charge is 0.306 e. The third-order valence-corrected chi connectivity index (χ3v) is 3.24. The molecule has 0 radical (unpaired) electrons. The van der Waals surface area contributed by atoms with Crippen molar-refractivity contribution in [2.45, 2.75) is 45.2 Å². The van der Waals surface area contributed by atoms with Crippen LogP contribution in [0.3, 0.4) is 0 Å². The molecule has 0 aromatic carbocycles. The van der Waals surface area contributed by atoms with Crippen LogP contribution < -0.4 is 11.1 Å². The topological polar surface area (TPSA) is 44.0 Å². The van der Waals surface area contributed by atoms with Gasteiger partial charge in [0, 0.05) is 25.0 Å². The Kier molecular flexibility index (Phi) is 3.31. The molecule has 0 aliphatic heterocycles. The summed E-state index contributed by atoms with van der Waals surface area (Å²) < 4.78 is 3.03. The lowest BCUT2D eigenvalue weighted by atomic mass is 10.2. The maximum Gasteiger partial charge on any atom is 0.316 e. The number of nitrogens with zero attached hydrogens (tertiary/aromatic N) is 2. The number of hydrogen-bond donors (Lipinski definition) is 0. The van der Waals surface area contributed by atoms with Crippen LogP contribution in [0.2, 0.25) is 0 Å². The highest BCUT2D eigenvalue weighted by Gasteiger charge is 2.19. The number of aromatic nitrogens is 2. The minimum Gasteiger partial charge on any atom is -0.306 e. The van der Waals surface area contributed by atoms with E-state index in [9.17, 15) is 9.59 Å². The van der Waals surface area contributed by atoms with Gasteiger partial charge in [0.15, 0.2) is 0 Å². The highest BCUT2D eigenvalue weighted by Crippen LogP contribution is 2.27. The molecule has 1 aliphatic carbocycles. The van der Waals surface area contributed by atoms with Crippen LogP contribution in [0.4, 0.5) is 0 Å². The van der Waals surface area contributed by atoms with E-state index < -0.39 is 11.1 Å². The summed E-state index contributed by atoms with van der Waals surface area (Å²) in [7, 11) is 0. The van der Waals surface area contributed by atoms with E-state index in [4.69, 9.17) is 0 Å². The van der Waals surface area contributed by atoms with Gasteiger partial charge < -0.3 is 9.13 Å². The van der Waals surface area contributed by atoms with Gasteiger partial charge in [-0.05, 0) is 19.8 Å². The monoisotopic (exact) mass is 234 g/mol. The Labute approximate surface area is 100 Å². The molecule has 1 fully saturated rings. The van der Waals surface area contributed by atoms with E-state index in [2.05, 4.69) is 6.58 Å². The summed E-state index contributed by atoms with van der Waals surface area (Å²) in [6.07, 6.45) is 7.73. The zero-order valence-corrected chi connectivity index (χ0v) is 10.2. The van der Waals surface area contributed by atoms with Crippen LogP contribution in [0, 0.1) is 0 Å². The first-order valence-electron chi connectivity index (χ1n) is 6.05. The molecule has 4 heteroatoms. The number of rotatable bonds is 3. The fourth-order valence-corrected chi connectivity index (χ4v) is 2.41. The second kappa shape index (κ2) is 4.73. The fourth-order valence-electron chi connectivity index (χ4n) is 2.41. The molecule has 1 aromatic rings. The van der Waals surface area contributed by atoms with Crippen molar-refractivity contribution in [1.29, 1.82) is 0 Å². The summed E-state index contributed by atoms with van der Waals surface area (Å²) in [5.74, 6) is 0. The molecule has 2 rings (SSSR count). The molecule has 1 saturated carbocycles. The van der Waals surface area contributed by atoms with Crippen molar-refractivity contribution in [3.63, 3.8) is 0 Å². The lowest BCUT2D eigenvalue weighted by molar-refractivity contribution is 0.488. The van der Waals surface area contributed by atoms with Crippen LogP contribution >= 0.6 is 0 Å². The summed E-state index contributed by atoms with van der Waals surface area (Å²) >= 11 is 0. The molecule has 0 N–H and O–H groups in total. The van der Waals surface area contributed by atoms with Crippen molar-refractivity contribution >= 4 is 0 Å². The SMILES string of the molecule is C=C(C)Cn1ccn(C2CCCC2)c(=O)c1=O. The Morgan fingerprint density at radius 3 is 2.53 bits per heavy atom. The third-order valence-electron chi connectivity index (χ3n) is 3.24. The highest BCUT2D eigenvalue weighted by molar-refractivity contribution is 4.95. The van der Waals surface area contributed by atoms with E-state index in [1.807, 2.05) is 6.92 Å². The molecule has 4 nitrogen and oxygen atoms in total. The minimum absolute atomic E-state index is 0.217. The van der Waals surface area contributed by atoms with Gasteiger partial charge in [0.25, 0.3) is 0 Å². The second-order valence-electron chi connectivity index (χ2n) is 4.84. The zero-order chi connectivity index (χ0) is 12.4. The molecule has 1 heterocycles. The Balaban J connectivity index is 2.38. The van der Waals surface area contributed by atoms with E-state index in [0.717, 1.165) is 31.3 Å². The Morgan fingerprint density at radius 1 is 1.29 bits per heavy atom. The van der Waals surface area contributed by atoms with Crippen LogP contribution in [0.5, 0.6) is 0 Å². The lowest BCUT2D eigenvalue weighted by Crippen LogP contribution is -2.41. The van der Waals surface area contributed by atoms with E-state index in [1.165, 1.54) is 4.57 Å². The molecular formula is C13H18N2O2. The summed E-state index contributed by atoms with van der Waals surface area (Å²) in [6, 6.07) is 0.217. The minimum atomic E-state index is -0.442. The maximum atomic E-state index is 12.0. The predicted molar refractivity (Wildman–Crippen MR) is 67.3 cm³/mol. The quantitative estimate of drug-likeness (QED) is 0.590. The van der Waals surface area contributed by atoms with Crippen molar-refractivity contribution in [2.75, 3.05) is 0 Å². The van der Waals surface area contributed by atoms with Crippen LogP contribution in [-0.2, 0) is 6.54 Å². The molecule has 17 heavy (non-hydrogen) atoms. The van der Waals surface area contributed by atoms with Gasteiger partial charge in [0.1, 0.15) is 0 Å². The summed E-state index contributed by atoms with van der Waals surface area (Å²) in [5.41, 5.74) is 0.0215. The molecule has 0 saturated heterocycles. The van der Waals surface area contributed by atoms with Crippen LogP contribution in [0.25, 0.3) is 0 Å². The molecule has 0 atom stereocenters. The van der Waals surface area contributed by atoms with Gasteiger partial charge in [-0.3, -0.25) is 9.59 Å². The van der Waals surface area contributed by atoms with Gasteiger partial charge >= 0.3 is 11.1 Å². The van der Waals surface area contributed by atoms with Crippen molar-refractivity contribution in [2.24, 2.45) is 0 Å². The van der Waals surface area contributed by atoms with Crippen LogP contribution in [0.1, 0.15) is 38.6 Å². The molecule has 0 bridgehead atoms. The molecule has 1 aliphatic rings. The normalized spacial score (nSPS) is 16.3. The first-order chi connectivity index (χ1) is 8.09. The van der Waals surface area contributed by atoms with Crippen molar-refractivity contribution < 1.29 is 0 Å². The first-order valence-corrected chi connectivity index (χ1v) is 6.05. The van der Waals surface area contributed by atoms with Crippen LogP contribution in [-0.4, -0.2) is 9.13 Å². The Morgan fingerprint density at radius 2 is 1.94 bits per heavy atom. The summed E-state index contributed by atoms with van der Waals surface area (Å²) in [6.45, 7) is 6.01. The average molecular weight is 234 g/mol. The van der Waals surface area contributed by atoms with E-state index in [-0.39, 0.29) is 6.04 Å². The Bertz CT molecular complexity index is 533. The summed E-state index contributed by atoms with van der Waals surface area (Å²) in [5, 5.41) is 0. The molecule has 92 valence electrons. The third kappa shape index (κ3) is 2.40. The van der Waals surface area contributed by atoms with E-state index >= 15 is 0 Å². The van der Waals surface area contributed by atoms with E-state index in [0.29, 0.717) is 6.54 Å². The maximum absolute atomic E-state index is 12.0. The molecule has 0 unspecified atom stereocenters. The summed E-state index contributed by atoms with van der Waals surface area (Å²) in [4.78, 5) is 23.8. The number of allylic oxidation sites excluding steroid dienone is 1. The van der Waals surface area contributed by atoms with Crippen molar-refractivity contribution in [3.8, 4) is 0 Å². The average Bonchev–Trinajstić information content (AvgIpc) is 2.78. The van der Waals surface area contributed by atoms with Gasteiger partial charge in [-0.2, -0.15) is 0 Å². The largest absolute Gasteiger partial charge is 0.316 e. The standard InChI is InChI=1S/C13H18N2O2/c1-10(2)9-14-7-8-15(13(17)12(14)16)11-5-3-4-6-11/h7-8,11H,1,3-6,9H2,2H3. The van der Waals surface area contributed by atoms with Crippen LogP contribution in [0.15, 0.2) is 34.1 Å². The number of hydrogen-bond acceptors (Lipinski definition) is 2. The van der Waals surface area contributed by atoms with Gasteiger partial charge in [-0.25, -0.2) is 0 Å². The lowest BCUT2D eigenvalue weighted by Gasteiger charge is -2.14. The molecule has 1 aromatic heterocycles. The molecule has 0 spiro atoms. The molecular weight excluding hydrogens is 216 g/mol. The van der Waals surface area contributed by atoms with E-state index in [1.54, 1.807) is 17.0 Å². The molecule has 0 amide bonds. The Hall–Kier alpha value is -1.58. The van der Waals surface area contributed by atoms with Gasteiger partial charge in [-0.1, -0.05) is 25.0 Å². The predicted octanol–water partition coefficient (Wildman–Crippen LogP) is 1.70. The highest BCUT2D eigenvalue weighted by atomic mass is 16.2. The van der Waals surface area contributed by atoms with Gasteiger partial charge in [-0.15, -0.1) is 0 Å². The van der Waals surface area contributed by atoms with Gasteiger partial charge in [0.05, 0.1) is 0 Å².